The molecule has 3 heteroatoms. The lowest BCUT2D eigenvalue weighted by atomic mass is 9.66. The fraction of sp³-hybridized carbons (Fsp3) is 0.525. The van der Waals surface area contributed by atoms with Gasteiger partial charge in [0.25, 0.3) is 0 Å². The van der Waals surface area contributed by atoms with Crippen molar-refractivity contribution in [1.82, 2.24) is 0 Å². The second-order valence-electron chi connectivity index (χ2n) is 14.8. The van der Waals surface area contributed by atoms with Gasteiger partial charge in [-0.1, -0.05) is 118 Å². The number of hydrogen-bond acceptors (Lipinski definition) is 3. The first-order valence-electron chi connectivity index (χ1n) is 16.0. The van der Waals surface area contributed by atoms with Gasteiger partial charge in [-0.05, 0) is 101 Å². The molecule has 0 aromatic carbocycles. The van der Waals surface area contributed by atoms with Gasteiger partial charge >= 0.3 is 0 Å². The van der Waals surface area contributed by atoms with Gasteiger partial charge < -0.3 is 9.84 Å². The topological polar surface area (TPSA) is 46.5 Å². The summed E-state index contributed by atoms with van der Waals surface area (Å²) in [5.41, 5.74) is 5.41. The molecular formula is C40H56O3. The van der Waals surface area contributed by atoms with Crippen LogP contribution in [-0.4, -0.2) is 28.7 Å². The first-order chi connectivity index (χ1) is 20.0. The van der Waals surface area contributed by atoms with Crippen LogP contribution in [0.15, 0.2) is 107 Å². The minimum absolute atomic E-state index is 0.0623. The molecule has 3 nitrogen and oxygen atoms in total. The quantitative estimate of drug-likeness (QED) is 0.158. The zero-order valence-electron chi connectivity index (χ0n) is 28.5. The number of carbonyl (C=O) groups is 1. The van der Waals surface area contributed by atoms with Gasteiger partial charge in [0.05, 0.1) is 17.8 Å². The molecule has 0 bridgehead atoms. The molecule has 1 N–H and O–H groups in total. The maximum absolute atomic E-state index is 12.9. The average Bonchev–Trinajstić information content (AvgIpc) is 3.38. The van der Waals surface area contributed by atoms with Crippen LogP contribution in [0, 0.1) is 16.2 Å². The van der Waals surface area contributed by atoms with E-state index in [1.165, 1.54) is 29.6 Å². The Labute approximate surface area is 262 Å². The third-order valence-electron chi connectivity index (χ3n) is 10.1. The number of aliphatic hydroxyl groups excluding tert-OH is 1. The Kier molecular flexibility index (Phi) is 11.2. The molecule has 3 rings (SSSR count). The first-order valence-corrected chi connectivity index (χ1v) is 16.0. The highest BCUT2D eigenvalue weighted by Gasteiger charge is 2.52. The van der Waals surface area contributed by atoms with E-state index in [1.807, 2.05) is 32.1 Å². The molecule has 0 radical (unpaired) electrons. The molecule has 0 aromatic heterocycles. The van der Waals surface area contributed by atoms with E-state index < -0.39 is 11.5 Å². The van der Waals surface area contributed by atoms with Gasteiger partial charge in [0.2, 0.25) is 0 Å². The van der Waals surface area contributed by atoms with Crippen LogP contribution in [0.1, 0.15) is 101 Å². The lowest BCUT2D eigenvalue weighted by Gasteiger charge is -2.42. The van der Waals surface area contributed by atoms with Crippen LogP contribution in [0.4, 0.5) is 0 Å². The molecule has 0 unspecified atom stereocenters. The fourth-order valence-corrected chi connectivity index (χ4v) is 6.91. The molecule has 43 heavy (non-hydrogen) atoms. The van der Waals surface area contributed by atoms with Crippen LogP contribution in [0.25, 0.3) is 0 Å². The standard InChI is InChI=1S/C40H56O3/c1-29(18-13-19-31(3)22-23-36(42)39(9)28-33(41)27-38(39,7)8)16-11-12-17-30(2)20-14-21-32(4)34-26-35-37(5,6)24-15-25-40(35,10)43-34/h11-14,16-23,26,33-34,41H,15,24-25,27-28H2,1-10H3/b12-11+,18-13+,20-14+,23-22+,29-16+,30-17+,31-19+,32-21+/t33-,34+,39-,40+/m0/s1. The Morgan fingerprint density at radius 3 is 1.88 bits per heavy atom. The molecular weight excluding hydrogens is 528 g/mol. The van der Waals surface area contributed by atoms with Crippen molar-refractivity contribution < 1.29 is 14.6 Å². The molecule has 3 aliphatic rings. The number of hydrogen-bond donors (Lipinski definition) is 1. The number of carbonyl (C=O) groups excluding carboxylic acids is 1. The smallest absolute Gasteiger partial charge is 0.162 e. The van der Waals surface area contributed by atoms with E-state index in [0.29, 0.717) is 12.8 Å². The highest BCUT2D eigenvalue weighted by atomic mass is 16.5. The van der Waals surface area contributed by atoms with E-state index in [1.54, 1.807) is 6.08 Å². The largest absolute Gasteiger partial charge is 0.393 e. The Morgan fingerprint density at radius 2 is 1.33 bits per heavy atom. The molecule has 0 spiro atoms. The summed E-state index contributed by atoms with van der Waals surface area (Å²) in [6.07, 6.45) is 31.1. The van der Waals surface area contributed by atoms with Crippen LogP contribution in [-0.2, 0) is 9.53 Å². The number of ketones is 1. The molecule has 2 aliphatic carbocycles. The third kappa shape index (κ3) is 8.67. The van der Waals surface area contributed by atoms with Gasteiger partial charge in [-0.25, -0.2) is 0 Å². The van der Waals surface area contributed by atoms with Crippen LogP contribution in [0.3, 0.4) is 0 Å². The van der Waals surface area contributed by atoms with Crippen LogP contribution in [0.2, 0.25) is 0 Å². The summed E-state index contributed by atoms with van der Waals surface area (Å²) in [6.45, 7) is 21.4. The normalized spacial score (nSPS) is 32.0. The molecule has 4 atom stereocenters. The summed E-state index contributed by atoms with van der Waals surface area (Å²) in [5, 5.41) is 10.1. The molecule has 1 heterocycles. The van der Waals surface area contributed by atoms with Gasteiger partial charge in [0.15, 0.2) is 5.78 Å². The second-order valence-corrected chi connectivity index (χ2v) is 14.8. The Bertz CT molecular complexity index is 1320. The van der Waals surface area contributed by atoms with Crippen LogP contribution in [0.5, 0.6) is 0 Å². The minimum atomic E-state index is -0.527. The third-order valence-corrected chi connectivity index (χ3v) is 10.1. The first kappa shape index (κ1) is 34.7. The number of ether oxygens (including phenoxy) is 1. The van der Waals surface area contributed by atoms with E-state index >= 15 is 0 Å². The van der Waals surface area contributed by atoms with Crippen molar-refractivity contribution in [2.24, 2.45) is 16.2 Å². The Hall–Kier alpha value is -2.75. The SMILES string of the molecule is CC(/C=C/C=C(C)/C=C/C(=O)[C@]1(C)C[C@@H](O)CC1(C)C)=C\C=C\C=C(C)\C=C\C=C(/C)[C@H]1C=C2C(C)(C)CCC[C@@]2(C)O1. The summed E-state index contributed by atoms with van der Waals surface area (Å²) in [6, 6.07) is 0. The van der Waals surface area contributed by atoms with E-state index in [0.717, 1.165) is 17.6 Å². The molecule has 234 valence electrons. The minimum Gasteiger partial charge on any atom is -0.393 e. The highest BCUT2D eigenvalue weighted by molar-refractivity contribution is 5.95. The molecule has 0 saturated heterocycles. The van der Waals surface area contributed by atoms with Gasteiger partial charge in [-0.3, -0.25) is 4.79 Å². The maximum Gasteiger partial charge on any atom is 0.162 e. The fourth-order valence-electron chi connectivity index (χ4n) is 6.91. The van der Waals surface area contributed by atoms with E-state index in [2.05, 4.69) is 110 Å². The highest BCUT2D eigenvalue weighted by Crippen LogP contribution is 2.53. The van der Waals surface area contributed by atoms with Crippen LogP contribution < -0.4 is 0 Å². The van der Waals surface area contributed by atoms with E-state index in [-0.39, 0.29) is 28.3 Å². The zero-order valence-corrected chi connectivity index (χ0v) is 28.5. The van der Waals surface area contributed by atoms with Gasteiger partial charge in [-0.2, -0.15) is 0 Å². The molecule has 0 aromatic rings. The molecule has 2 saturated carbocycles. The summed E-state index contributed by atoms with van der Waals surface area (Å²) >= 11 is 0. The summed E-state index contributed by atoms with van der Waals surface area (Å²) in [4.78, 5) is 12.9. The van der Waals surface area contributed by atoms with Crippen molar-refractivity contribution >= 4 is 5.78 Å². The predicted molar refractivity (Wildman–Crippen MR) is 183 cm³/mol. The monoisotopic (exact) mass is 584 g/mol. The Balaban J connectivity index is 1.50. The summed E-state index contributed by atoms with van der Waals surface area (Å²) in [5.74, 6) is 0.0905. The van der Waals surface area contributed by atoms with Crippen molar-refractivity contribution in [2.45, 2.75) is 119 Å². The summed E-state index contributed by atoms with van der Waals surface area (Å²) < 4.78 is 6.54. The van der Waals surface area contributed by atoms with Gasteiger partial charge in [0.1, 0.15) is 0 Å². The number of fused-ring (bicyclic) bond motifs is 1. The van der Waals surface area contributed by atoms with Crippen molar-refractivity contribution in [3.05, 3.63) is 107 Å². The number of aliphatic hydroxyl groups is 1. The Morgan fingerprint density at radius 1 is 0.767 bits per heavy atom. The zero-order chi connectivity index (χ0) is 32.1. The van der Waals surface area contributed by atoms with Crippen molar-refractivity contribution in [3.8, 4) is 0 Å². The maximum atomic E-state index is 12.9. The van der Waals surface area contributed by atoms with Gasteiger partial charge in [0, 0.05) is 5.41 Å². The van der Waals surface area contributed by atoms with Crippen LogP contribution >= 0.6 is 0 Å². The van der Waals surface area contributed by atoms with E-state index in [9.17, 15) is 9.90 Å². The summed E-state index contributed by atoms with van der Waals surface area (Å²) in [7, 11) is 0. The van der Waals surface area contributed by atoms with Crippen molar-refractivity contribution in [2.75, 3.05) is 0 Å². The lowest BCUT2D eigenvalue weighted by molar-refractivity contribution is -0.127. The molecule has 2 fully saturated rings. The average molecular weight is 585 g/mol. The van der Waals surface area contributed by atoms with Gasteiger partial charge in [-0.15, -0.1) is 0 Å². The predicted octanol–water partition coefficient (Wildman–Crippen LogP) is 10.0. The molecule has 0 amide bonds. The van der Waals surface area contributed by atoms with Crippen molar-refractivity contribution in [3.63, 3.8) is 0 Å². The van der Waals surface area contributed by atoms with E-state index in [4.69, 9.17) is 4.74 Å². The number of rotatable bonds is 10. The second kappa shape index (κ2) is 13.9. The lowest BCUT2D eigenvalue weighted by Crippen LogP contribution is -2.39. The molecule has 1 aliphatic heterocycles. The van der Waals surface area contributed by atoms with Crippen molar-refractivity contribution in [1.29, 1.82) is 0 Å². The number of allylic oxidation sites excluding steroid dienone is 15.